The number of nitrogens with zero attached hydrogens (tertiary/aromatic N) is 2. The smallest absolute Gasteiger partial charge is 0.303 e. The molecule has 1 saturated heterocycles. The summed E-state index contributed by atoms with van der Waals surface area (Å²) in [5, 5.41) is 17.8. The van der Waals surface area contributed by atoms with Crippen molar-refractivity contribution in [2.45, 2.75) is 26.2 Å². The highest BCUT2D eigenvalue weighted by molar-refractivity contribution is 5.68. The van der Waals surface area contributed by atoms with Crippen LogP contribution in [-0.2, 0) is 4.79 Å². The van der Waals surface area contributed by atoms with E-state index in [-0.39, 0.29) is 11.8 Å². The monoisotopic (exact) mass is 258 g/mol. The van der Waals surface area contributed by atoms with Crippen molar-refractivity contribution in [1.82, 2.24) is 0 Å². The first-order valence-electron chi connectivity index (χ1n) is 6.49. The number of rotatable bonds is 3. The Labute approximate surface area is 113 Å². The molecule has 4 heteroatoms. The number of carboxylic acids is 1. The molecule has 1 aliphatic heterocycles. The van der Waals surface area contributed by atoms with Gasteiger partial charge in [0, 0.05) is 18.8 Å². The highest BCUT2D eigenvalue weighted by Gasteiger charge is 2.33. The van der Waals surface area contributed by atoms with Gasteiger partial charge < -0.3 is 10.0 Å². The van der Waals surface area contributed by atoms with Gasteiger partial charge in [0.25, 0.3) is 0 Å². The van der Waals surface area contributed by atoms with E-state index in [4.69, 9.17) is 10.4 Å². The maximum atomic E-state index is 10.9. The second kappa shape index (κ2) is 5.31. The molecule has 1 aromatic carbocycles. The van der Waals surface area contributed by atoms with Crippen LogP contribution in [0.25, 0.3) is 0 Å². The van der Waals surface area contributed by atoms with Gasteiger partial charge in [-0.05, 0) is 42.5 Å². The van der Waals surface area contributed by atoms with Crippen LogP contribution in [0, 0.1) is 16.7 Å². The van der Waals surface area contributed by atoms with E-state index in [2.05, 4.69) is 11.0 Å². The molecule has 1 heterocycles. The number of nitriles is 1. The first kappa shape index (κ1) is 13.4. The van der Waals surface area contributed by atoms with Crippen molar-refractivity contribution in [2.24, 2.45) is 5.41 Å². The zero-order valence-corrected chi connectivity index (χ0v) is 11.1. The minimum Gasteiger partial charge on any atom is -0.481 e. The standard InChI is InChI=1S/C15H18N2O2/c1-15(9-14(18)19)7-2-8-17(11-15)13-5-3-12(10-16)4-6-13/h3-6H,2,7-9,11H2,1H3,(H,18,19). The van der Waals surface area contributed by atoms with Crippen LogP contribution >= 0.6 is 0 Å². The van der Waals surface area contributed by atoms with Crippen LogP contribution in [0.5, 0.6) is 0 Å². The van der Waals surface area contributed by atoms with Gasteiger partial charge >= 0.3 is 5.97 Å². The number of hydrogen-bond donors (Lipinski definition) is 1. The zero-order chi connectivity index (χ0) is 13.9. The summed E-state index contributed by atoms with van der Waals surface area (Å²) in [7, 11) is 0. The Morgan fingerprint density at radius 1 is 1.47 bits per heavy atom. The van der Waals surface area contributed by atoms with Gasteiger partial charge in [-0.3, -0.25) is 4.79 Å². The van der Waals surface area contributed by atoms with Crippen molar-refractivity contribution in [3.8, 4) is 6.07 Å². The fourth-order valence-electron chi connectivity index (χ4n) is 2.79. The lowest BCUT2D eigenvalue weighted by atomic mass is 9.79. The Morgan fingerprint density at radius 2 is 2.16 bits per heavy atom. The topological polar surface area (TPSA) is 64.3 Å². The summed E-state index contributed by atoms with van der Waals surface area (Å²) in [5.41, 5.74) is 1.54. The van der Waals surface area contributed by atoms with Crippen LogP contribution < -0.4 is 4.90 Å². The molecule has 100 valence electrons. The van der Waals surface area contributed by atoms with E-state index < -0.39 is 5.97 Å². The molecule has 19 heavy (non-hydrogen) atoms. The van der Waals surface area contributed by atoms with Gasteiger partial charge in [-0.15, -0.1) is 0 Å². The van der Waals surface area contributed by atoms with Crippen LogP contribution in [0.1, 0.15) is 31.7 Å². The molecule has 1 fully saturated rings. The van der Waals surface area contributed by atoms with Gasteiger partial charge in [-0.2, -0.15) is 5.26 Å². The van der Waals surface area contributed by atoms with E-state index >= 15 is 0 Å². The zero-order valence-electron chi connectivity index (χ0n) is 11.1. The molecule has 0 amide bonds. The Balaban J connectivity index is 2.12. The van der Waals surface area contributed by atoms with Gasteiger partial charge in [0.15, 0.2) is 0 Å². The Hall–Kier alpha value is -2.02. The average molecular weight is 258 g/mol. The molecule has 0 aliphatic carbocycles. The molecule has 1 aromatic rings. The minimum atomic E-state index is -0.732. The molecule has 4 nitrogen and oxygen atoms in total. The number of carbonyl (C=O) groups is 1. The summed E-state index contributed by atoms with van der Waals surface area (Å²) in [6, 6.07) is 9.58. The number of carboxylic acid groups (broad SMARTS) is 1. The molecule has 0 radical (unpaired) electrons. The Morgan fingerprint density at radius 3 is 2.74 bits per heavy atom. The third-order valence-electron chi connectivity index (χ3n) is 3.72. The maximum absolute atomic E-state index is 10.9. The quantitative estimate of drug-likeness (QED) is 0.905. The van der Waals surface area contributed by atoms with E-state index in [1.54, 1.807) is 12.1 Å². The van der Waals surface area contributed by atoms with Gasteiger partial charge in [-0.1, -0.05) is 6.92 Å². The summed E-state index contributed by atoms with van der Waals surface area (Å²) >= 11 is 0. The molecular formula is C15H18N2O2. The van der Waals surface area contributed by atoms with Crippen LogP contribution in [0.2, 0.25) is 0 Å². The first-order chi connectivity index (χ1) is 9.02. The summed E-state index contributed by atoms with van der Waals surface area (Å²) in [4.78, 5) is 13.2. The molecule has 0 saturated carbocycles. The summed E-state index contributed by atoms with van der Waals surface area (Å²) in [5.74, 6) is -0.732. The molecule has 1 aliphatic rings. The molecule has 0 bridgehead atoms. The summed E-state index contributed by atoms with van der Waals surface area (Å²) in [6.07, 6.45) is 2.16. The molecule has 0 spiro atoms. The van der Waals surface area contributed by atoms with Gasteiger partial charge in [0.1, 0.15) is 0 Å². The molecular weight excluding hydrogens is 240 g/mol. The fraction of sp³-hybridized carbons (Fsp3) is 0.467. The normalized spacial score (nSPS) is 22.8. The molecule has 1 atom stereocenters. The van der Waals surface area contributed by atoms with Crippen molar-refractivity contribution >= 4 is 11.7 Å². The number of anilines is 1. The molecule has 1 unspecified atom stereocenters. The lowest BCUT2D eigenvalue weighted by Crippen LogP contribution is -2.42. The Bertz CT molecular complexity index is 504. The highest BCUT2D eigenvalue weighted by Crippen LogP contribution is 2.35. The molecule has 2 rings (SSSR count). The van der Waals surface area contributed by atoms with Crippen LogP contribution in [0.3, 0.4) is 0 Å². The van der Waals surface area contributed by atoms with E-state index in [9.17, 15) is 4.79 Å². The Kier molecular flexibility index (Phi) is 3.75. The fourth-order valence-corrected chi connectivity index (χ4v) is 2.79. The summed E-state index contributed by atoms with van der Waals surface area (Å²) in [6.45, 7) is 3.74. The van der Waals surface area contributed by atoms with Crippen molar-refractivity contribution in [3.63, 3.8) is 0 Å². The predicted octanol–water partition coefficient (Wildman–Crippen LogP) is 2.64. The first-order valence-corrected chi connectivity index (χ1v) is 6.49. The van der Waals surface area contributed by atoms with Gasteiger partial charge in [-0.25, -0.2) is 0 Å². The third-order valence-corrected chi connectivity index (χ3v) is 3.72. The summed E-state index contributed by atoms with van der Waals surface area (Å²) < 4.78 is 0. The SMILES string of the molecule is CC1(CC(=O)O)CCCN(c2ccc(C#N)cc2)C1. The maximum Gasteiger partial charge on any atom is 0.303 e. The van der Waals surface area contributed by atoms with Crippen LogP contribution in [0.4, 0.5) is 5.69 Å². The molecule has 0 aromatic heterocycles. The van der Waals surface area contributed by atoms with Crippen LogP contribution in [-0.4, -0.2) is 24.2 Å². The van der Waals surface area contributed by atoms with E-state index in [1.807, 2.05) is 19.1 Å². The highest BCUT2D eigenvalue weighted by atomic mass is 16.4. The van der Waals surface area contributed by atoms with Crippen molar-refractivity contribution in [2.75, 3.05) is 18.0 Å². The minimum absolute atomic E-state index is 0.169. The van der Waals surface area contributed by atoms with E-state index in [0.29, 0.717) is 5.56 Å². The number of benzene rings is 1. The second-order valence-corrected chi connectivity index (χ2v) is 5.56. The van der Waals surface area contributed by atoms with Gasteiger partial charge in [0.05, 0.1) is 18.1 Å². The largest absolute Gasteiger partial charge is 0.481 e. The van der Waals surface area contributed by atoms with E-state index in [0.717, 1.165) is 31.6 Å². The number of aliphatic carboxylic acids is 1. The predicted molar refractivity (Wildman–Crippen MR) is 73.0 cm³/mol. The number of piperidine rings is 1. The van der Waals surface area contributed by atoms with Crippen LogP contribution in [0.15, 0.2) is 24.3 Å². The second-order valence-electron chi connectivity index (χ2n) is 5.56. The lowest BCUT2D eigenvalue weighted by Gasteiger charge is -2.41. The average Bonchev–Trinajstić information content (AvgIpc) is 2.37. The number of hydrogen-bond acceptors (Lipinski definition) is 3. The third kappa shape index (κ3) is 3.25. The van der Waals surface area contributed by atoms with Crippen molar-refractivity contribution in [3.05, 3.63) is 29.8 Å². The van der Waals surface area contributed by atoms with Crippen molar-refractivity contribution in [1.29, 1.82) is 5.26 Å². The lowest BCUT2D eigenvalue weighted by molar-refractivity contribution is -0.139. The molecule has 1 N–H and O–H groups in total. The van der Waals surface area contributed by atoms with Gasteiger partial charge in [0.2, 0.25) is 0 Å². The van der Waals surface area contributed by atoms with Crippen molar-refractivity contribution < 1.29 is 9.90 Å². The van der Waals surface area contributed by atoms with E-state index in [1.165, 1.54) is 0 Å².